The second-order valence-corrected chi connectivity index (χ2v) is 5.18. The van der Waals surface area contributed by atoms with Gasteiger partial charge in [-0.05, 0) is 24.8 Å². The van der Waals surface area contributed by atoms with Gasteiger partial charge < -0.3 is 9.64 Å². The van der Waals surface area contributed by atoms with Crippen LogP contribution in [0.2, 0.25) is 0 Å². The monoisotopic (exact) mass is 259 g/mol. The van der Waals surface area contributed by atoms with Gasteiger partial charge in [-0.2, -0.15) is 0 Å². The molecule has 1 aromatic rings. The van der Waals surface area contributed by atoms with Crippen molar-refractivity contribution >= 4 is 11.9 Å². The summed E-state index contributed by atoms with van der Waals surface area (Å²) in [6.45, 7) is 0.281. The van der Waals surface area contributed by atoms with Crippen LogP contribution in [0.25, 0.3) is 0 Å². The predicted octanol–water partition coefficient (Wildman–Crippen LogP) is 1.88. The molecule has 0 spiro atoms. The van der Waals surface area contributed by atoms with E-state index in [2.05, 4.69) is 0 Å². The largest absolute Gasteiger partial charge is 0.459 e. The highest BCUT2D eigenvalue weighted by Gasteiger charge is 2.45. The van der Waals surface area contributed by atoms with Crippen molar-refractivity contribution in [2.75, 3.05) is 0 Å². The Hall–Kier alpha value is -1.84. The van der Waals surface area contributed by atoms with Gasteiger partial charge in [-0.25, -0.2) is 4.79 Å². The van der Waals surface area contributed by atoms with Crippen molar-refractivity contribution in [3.63, 3.8) is 0 Å². The molecule has 0 N–H and O–H groups in total. The number of ether oxygens (including phenoxy) is 1. The van der Waals surface area contributed by atoms with Gasteiger partial charge in [0.25, 0.3) is 0 Å². The molecule has 1 amide bonds. The average Bonchev–Trinajstić information content (AvgIpc) is 3.01. The van der Waals surface area contributed by atoms with Crippen LogP contribution < -0.4 is 0 Å². The quantitative estimate of drug-likeness (QED) is 0.779. The molecule has 2 aliphatic rings. The summed E-state index contributed by atoms with van der Waals surface area (Å²) in [7, 11) is 0. The number of hydrogen-bond acceptors (Lipinski definition) is 3. The van der Waals surface area contributed by atoms with Crippen LogP contribution in [0, 0.1) is 0 Å². The summed E-state index contributed by atoms with van der Waals surface area (Å²) in [5.41, 5.74) is 0.971. The molecular weight excluding hydrogens is 242 g/mol. The lowest BCUT2D eigenvalue weighted by atomic mass is 10.1. The van der Waals surface area contributed by atoms with Gasteiger partial charge in [0, 0.05) is 12.5 Å². The van der Waals surface area contributed by atoms with Crippen molar-refractivity contribution in [1.82, 2.24) is 4.90 Å². The number of benzene rings is 1. The van der Waals surface area contributed by atoms with Gasteiger partial charge in [0.05, 0.1) is 0 Å². The van der Waals surface area contributed by atoms with Crippen LogP contribution in [0.5, 0.6) is 0 Å². The average molecular weight is 259 g/mol. The van der Waals surface area contributed by atoms with Crippen molar-refractivity contribution in [2.24, 2.45) is 0 Å². The van der Waals surface area contributed by atoms with E-state index < -0.39 is 0 Å². The third-order valence-corrected chi connectivity index (χ3v) is 3.98. The zero-order valence-electron chi connectivity index (χ0n) is 10.7. The molecule has 2 heterocycles. The number of amides is 1. The number of rotatable bonds is 3. The number of carbonyl (C=O) groups is 2. The first-order chi connectivity index (χ1) is 9.25. The Balaban J connectivity index is 1.60. The van der Waals surface area contributed by atoms with E-state index in [-0.39, 0.29) is 30.6 Å². The summed E-state index contributed by atoms with van der Waals surface area (Å²) in [5.74, 6) is -0.161. The molecular formula is C15H17NO3. The van der Waals surface area contributed by atoms with Crippen molar-refractivity contribution in [3.8, 4) is 0 Å². The SMILES string of the molecule is O=C(OCc1ccccc1)C1CCC2CCC(=O)N21. The second kappa shape index (κ2) is 5.03. The molecule has 2 saturated heterocycles. The fourth-order valence-corrected chi connectivity index (χ4v) is 3.02. The fraction of sp³-hybridized carbons (Fsp3) is 0.467. The number of esters is 1. The first kappa shape index (κ1) is 12.2. The Morgan fingerprint density at radius 1 is 1.21 bits per heavy atom. The number of nitrogens with zero attached hydrogens (tertiary/aromatic N) is 1. The molecule has 1 aromatic carbocycles. The van der Waals surface area contributed by atoms with E-state index in [0.717, 1.165) is 24.8 Å². The maximum Gasteiger partial charge on any atom is 0.329 e. The predicted molar refractivity (Wildman–Crippen MR) is 69.1 cm³/mol. The van der Waals surface area contributed by atoms with Crippen molar-refractivity contribution in [3.05, 3.63) is 35.9 Å². The van der Waals surface area contributed by atoms with E-state index in [1.165, 1.54) is 0 Å². The zero-order valence-corrected chi connectivity index (χ0v) is 10.7. The number of hydrogen-bond donors (Lipinski definition) is 0. The lowest BCUT2D eigenvalue weighted by molar-refractivity contribution is -0.154. The molecule has 0 saturated carbocycles. The van der Waals surface area contributed by atoms with Gasteiger partial charge in [-0.3, -0.25) is 4.79 Å². The van der Waals surface area contributed by atoms with E-state index in [0.29, 0.717) is 6.42 Å². The maximum absolute atomic E-state index is 12.1. The summed E-state index contributed by atoms with van der Waals surface area (Å²) in [6, 6.07) is 9.51. The standard InChI is InChI=1S/C15H17NO3/c17-14-9-7-12-6-8-13(16(12)14)15(18)19-10-11-4-2-1-3-5-11/h1-5,12-13H,6-10H2. The van der Waals surface area contributed by atoms with Crippen LogP contribution in [0.4, 0.5) is 0 Å². The molecule has 4 heteroatoms. The van der Waals surface area contributed by atoms with E-state index in [9.17, 15) is 9.59 Å². The summed E-state index contributed by atoms with van der Waals surface area (Å²) in [5, 5.41) is 0. The van der Waals surface area contributed by atoms with Gasteiger partial charge >= 0.3 is 5.97 Å². The molecule has 4 nitrogen and oxygen atoms in total. The lowest BCUT2D eigenvalue weighted by Gasteiger charge is -2.22. The fourth-order valence-electron chi connectivity index (χ4n) is 3.02. The molecule has 100 valence electrons. The molecule has 2 unspecified atom stereocenters. The molecule has 0 aliphatic carbocycles. The minimum absolute atomic E-state index is 0.101. The molecule has 2 fully saturated rings. The Bertz CT molecular complexity index is 485. The topological polar surface area (TPSA) is 46.6 Å². The van der Waals surface area contributed by atoms with Gasteiger partial charge in [0.15, 0.2) is 0 Å². The molecule has 2 aliphatic heterocycles. The van der Waals surface area contributed by atoms with E-state index in [1.807, 2.05) is 30.3 Å². The van der Waals surface area contributed by atoms with Gasteiger partial charge in [0.2, 0.25) is 5.91 Å². The molecule has 0 radical (unpaired) electrons. The van der Waals surface area contributed by atoms with E-state index in [4.69, 9.17) is 4.74 Å². The van der Waals surface area contributed by atoms with Gasteiger partial charge in [-0.1, -0.05) is 30.3 Å². The molecule has 0 bridgehead atoms. The Kier molecular flexibility index (Phi) is 3.23. The summed E-state index contributed by atoms with van der Waals surface area (Å²) in [6.07, 6.45) is 3.13. The Morgan fingerprint density at radius 2 is 2.00 bits per heavy atom. The third kappa shape index (κ3) is 2.35. The van der Waals surface area contributed by atoms with Crippen LogP contribution >= 0.6 is 0 Å². The van der Waals surface area contributed by atoms with Crippen LogP contribution in [0.3, 0.4) is 0 Å². The van der Waals surface area contributed by atoms with Crippen LogP contribution in [-0.4, -0.2) is 28.9 Å². The van der Waals surface area contributed by atoms with Crippen LogP contribution in [-0.2, 0) is 20.9 Å². The summed E-state index contributed by atoms with van der Waals surface area (Å²) < 4.78 is 5.34. The number of fused-ring (bicyclic) bond motifs is 1. The highest BCUT2D eigenvalue weighted by atomic mass is 16.5. The Morgan fingerprint density at radius 3 is 2.79 bits per heavy atom. The van der Waals surface area contributed by atoms with Crippen molar-refractivity contribution < 1.29 is 14.3 Å². The minimum Gasteiger partial charge on any atom is -0.459 e. The zero-order chi connectivity index (χ0) is 13.2. The van der Waals surface area contributed by atoms with Gasteiger partial charge in [-0.15, -0.1) is 0 Å². The maximum atomic E-state index is 12.1. The highest BCUT2D eigenvalue weighted by molar-refractivity contribution is 5.87. The summed E-state index contributed by atoms with van der Waals surface area (Å²) in [4.78, 5) is 25.6. The lowest BCUT2D eigenvalue weighted by Crippen LogP contribution is -2.41. The minimum atomic E-state index is -0.358. The second-order valence-electron chi connectivity index (χ2n) is 5.18. The molecule has 3 rings (SSSR count). The Labute approximate surface area is 112 Å². The van der Waals surface area contributed by atoms with E-state index in [1.54, 1.807) is 4.90 Å². The normalized spacial score (nSPS) is 25.5. The van der Waals surface area contributed by atoms with Crippen LogP contribution in [0.1, 0.15) is 31.2 Å². The molecule has 0 aromatic heterocycles. The first-order valence-corrected chi connectivity index (χ1v) is 6.77. The molecule has 19 heavy (non-hydrogen) atoms. The van der Waals surface area contributed by atoms with Crippen LogP contribution in [0.15, 0.2) is 30.3 Å². The number of carbonyl (C=O) groups excluding carboxylic acids is 2. The van der Waals surface area contributed by atoms with E-state index >= 15 is 0 Å². The highest BCUT2D eigenvalue weighted by Crippen LogP contribution is 2.33. The summed E-state index contributed by atoms with van der Waals surface area (Å²) >= 11 is 0. The third-order valence-electron chi connectivity index (χ3n) is 3.98. The van der Waals surface area contributed by atoms with Crippen molar-refractivity contribution in [2.45, 2.75) is 44.4 Å². The smallest absolute Gasteiger partial charge is 0.329 e. The van der Waals surface area contributed by atoms with Gasteiger partial charge in [0.1, 0.15) is 12.6 Å². The molecule has 2 atom stereocenters. The first-order valence-electron chi connectivity index (χ1n) is 6.77. The van der Waals surface area contributed by atoms with Crippen molar-refractivity contribution in [1.29, 1.82) is 0 Å².